The van der Waals surface area contributed by atoms with E-state index in [0.717, 1.165) is 12.1 Å². The van der Waals surface area contributed by atoms with E-state index < -0.39 is 17.5 Å². The first-order valence-corrected chi connectivity index (χ1v) is 7.48. The average molecular weight is 335 g/mol. The lowest BCUT2D eigenvalue weighted by Crippen LogP contribution is -2.13. The van der Waals surface area contributed by atoms with Crippen molar-refractivity contribution < 1.29 is 23.0 Å². The van der Waals surface area contributed by atoms with E-state index in [-0.39, 0.29) is 5.69 Å². The van der Waals surface area contributed by atoms with Gasteiger partial charge in [0.15, 0.2) is 23.1 Å². The SMILES string of the molecule is COc1cc(C(=O)Nc2ccc(F)c(F)c2)ccc1OCC(C)C. The van der Waals surface area contributed by atoms with Gasteiger partial charge in [0.25, 0.3) is 5.91 Å². The molecular weight excluding hydrogens is 316 g/mol. The molecule has 6 heteroatoms. The second-order valence-electron chi connectivity index (χ2n) is 5.65. The van der Waals surface area contributed by atoms with Crippen LogP contribution < -0.4 is 14.8 Å². The Labute approximate surface area is 139 Å². The first-order valence-electron chi connectivity index (χ1n) is 7.48. The Morgan fingerprint density at radius 1 is 1.08 bits per heavy atom. The van der Waals surface area contributed by atoms with Crippen molar-refractivity contribution in [2.45, 2.75) is 13.8 Å². The Bertz CT molecular complexity index is 732. The summed E-state index contributed by atoms with van der Waals surface area (Å²) in [5, 5.41) is 2.51. The van der Waals surface area contributed by atoms with Gasteiger partial charge in [0.2, 0.25) is 0 Å². The van der Waals surface area contributed by atoms with E-state index in [4.69, 9.17) is 9.47 Å². The lowest BCUT2D eigenvalue weighted by molar-refractivity contribution is 0.102. The molecule has 0 spiro atoms. The van der Waals surface area contributed by atoms with Crippen LogP contribution in [0.3, 0.4) is 0 Å². The zero-order valence-corrected chi connectivity index (χ0v) is 13.7. The summed E-state index contributed by atoms with van der Waals surface area (Å²) in [7, 11) is 1.48. The Balaban J connectivity index is 2.15. The molecule has 0 aromatic heterocycles. The molecule has 24 heavy (non-hydrogen) atoms. The average Bonchev–Trinajstić information content (AvgIpc) is 2.56. The van der Waals surface area contributed by atoms with Gasteiger partial charge in [0, 0.05) is 17.3 Å². The molecule has 4 nitrogen and oxygen atoms in total. The number of hydrogen-bond donors (Lipinski definition) is 1. The van der Waals surface area contributed by atoms with Crippen LogP contribution in [0.2, 0.25) is 0 Å². The van der Waals surface area contributed by atoms with E-state index in [2.05, 4.69) is 5.32 Å². The summed E-state index contributed by atoms with van der Waals surface area (Å²) in [6.45, 7) is 4.57. The van der Waals surface area contributed by atoms with Crippen molar-refractivity contribution in [3.8, 4) is 11.5 Å². The molecule has 0 atom stereocenters. The van der Waals surface area contributed by atoms with Gasteiger partial charge in [-0.25, -0.2) is 8.78 Å². The van der Waals surface area contributed by atoms with Crippen molar-refractivity contribution in [3.63, 3.8) is 0 Å². The van der Waals surface area contributed by atoms with Crippen molar-refractivity contribution >= 4 is 11.6 Å². The van der Waals surface area contributed by atoms with Crippen LogP contribution in [-0.4, -0.2) is 19.6 Å². The molecule has 0 aliphatic rings. The smallest absolute Gasteiger partial charge is 0.255 e. The van der Waals surface area contributed by atoms with Crippen LogP contribution in [0.5, 0.6) is 11.5 Å². The van der Waals surface area contributed by atoms with Crippen LogP contribution in [0.25, 0.3) is 0 Å². The highest BCUT2D eigenvalue weighted by atomic mass is 19.2. The lowest BCUT2D eigenvalue weighted by Gasteiger charge is -2.13. The Morgan fingerprint density at radius 2 is 1.83 bits per heavy atom. The van der Waals surface area contributed by atoms with Gasteiger partial charge in [-0.1, -0.05) is 13.8 Å². The fourth-order valence-electron chi connectivity index (χ4n) is 1.96. The zero-order chi connectivity index (χ0) is 17.7. The monoisotopic (exact) mass is 335 g/mol. The third-order valence-corrected chi connectivity index (χ3v) is 3.18. The summed E-state index contributed by atoms with van der Waals surface area (Å²) in [5.41, 5.74) is 0.478. The highest BCUT2D eigenvalue weighted by Crippen LogP contribution is 2.29. The first-order chi connectivity index (χ1) is 11.4. The molecule has 2 aromatic rings. The van der Waals surface area contributed by atoms with Crippen LogP contribution in [0.4, 0.5) is 14.5 Å². The van der Waals surface area contributed by atoms with Crippen molar-refractivity contribution in [2.24, 2.45) is 5.92 Å². The summed E-state index contributed by atoms with van der Waals surface area (Å²) in [6, 6.07) is 7.91. The van der Waals surface area contributed by atoms with Crippen LogP contribution >= 0.6 is 0 Å². The number of carbonyl (C=O) groups excluding carboxylic acids is 1. The fraction of sp³-hybridized carbons (Fsp3) is 0.278. The molecule has 0 bridgehead atoms. The molecular formula is C18H19F2NO3. The van der Waals surface area contributed by atoms with Gasteiger partial charge in [-0.3, -0.25) is 4.79 Å². The Morgan fingerprint density at radius 3 is 2.46 bits per heavy atom. The summed E-state index contributed by atoms with van der Waals surface area (Å²) in [5.74, 6) is -1.14. The summed E-state index contributed by atoms with van der Waals surface area (Å²) in [4.78, 5) is 12.2. The molecule has 0 saturated heterocycles. The van der Waals surface area contributed by atoms with Gasteiger partial charge in [-0.15, -0.1) is 0 Å². The highest BCUT2D eigenvalue weighted by Gasteiger charge is 2.13. The van der Waals surface area contributed by atoms with Crippen LogP contribution in [0, 0.1) is 17.6 Å². The van der Waals surface area contributed by atoms with Gasteiger partial charge in [-0.2, -0.15) is 0 Å². The van der Waals surface area contributed by atoms with E-state index in [9.17, 15) is 13.6 Å². The second-order valence-corrected chi connectivity index (χ2v) is 5.65. The number of benzene rings is 2. The number of carbonyl (C=O) groups is 1. The lowest BCUT2D eigenvalue weighted by atomic mass is 10.1. The number of amides is 1. The normalized spacial score (nSPS) is 10.6. The summed E-state index contributed by atoms with van der Waals surface area (Å²) in [6.07, 6.45) is 0. The fourth-order valence-corrected chi connectivity index (χ4v) is 1.96. The van der Waals surface area contributed by atoms with E-state index in [1.54, 1.807) is 12.1 Å². The minimum absolute atomic E-state index is 0.165. The molecule has 0 unspecified atom stereocenters. The zero-order valence-electron chi connectivity index (χ0n) is 13.7. The number of methoxy groups -OCH3 is 1. The van der Waals surface area contributed by atoms with Gasteiger partial charge in [-0.05, 0) is 36.2 Å². The minimum Gasteiger partial charge on any atom is -0.493 e. The third-order valence-electron chi connectivity index (χ3n) is 3.18. The van der Waals surface area contributed by atoms with Crippen LogP contribution in [0.1, 0.15) is 24.2 Å². The molecule has 0 heterocycles. The van der Waals surface area contributed by atoms with Gasteiger partial charge < -0.3 is 14.8 Å². The Hall–Kier alpha value is -2.63. The topological polar surface area (TPSA) is 47.6 Å². The number of ether oxygens (including phenoxy) is 2. The number of halogens is 2. The van der Waals surface area contributed by atoms with Crippen LogP contribution in [-0.2, 0) is 0 Å². The van der Waals surface area contributed by atoms with E-state index in [1.165, 1.54) is 19.2 Å². The largest absolute Gasteiger partial charge is 0.493 e. The quantitative estimate of drug-likeness (QED) is 0.858. The standard InChI is InChI=1S/C18H19F2NO3/c1-11(2)10-24-16-7-4-12(8-17(16)23-3)18(22)21-13-5-6-14(19)15(20)9-13/h4-9,11H,10H2,1-3H3,(H,21,22). The Kier molecular flexibility index (Phi) is 5.73. The maximum atomic E-state index is 13.2. The van der Waals surface area contributed by atoms with Gasteiger partial charge in [0.1, 0.15) is 0 Å². The predicted octanol–water partition coefficient (Wildman–Crippen LogP) is 4.26. The number of nitrogens with one attached hydrogen (secondary N) is 1. The molecule has 1 N–H and O–H groups in total. The van der Waals surface area contributed by atoms with Gasteiger partial charge >= 0.3 is 0 Å². The molecule has 0 aliphatic heterocycles. The van der Waals surface area contributed by atoms with Crippen LogP contribution in [0.15, 0.2) is 36.4 Å². The van der Waals surface area contributed by atoms with Crippen molar-refractivity contribution in [3.05, 3.63) is 53.6 Å². The maximum absolute atomic E-state index is 13.2. The molecule has 0 radical (unpaired) electrons. The first kappa shape index (κ1) is 17.7. The maximum Gasteiger partial charge on any atom is 0.255 e. The molecule has 2 aromatic carbocycles. The molecule has 0 fully saturated rings. The van der Waals surface area contributed by atoms with E-state index in [1.807, 2.05) is 13.8 Å². The molecule has 2 rings (SSSR count). The third kappa shape index (κ3) is 4.44. The van der Waals surface area contributed by atoms with E-state index >= 15 is 0 Å². The molecule has 0 saturated carbocycles. The number of anilines is 1. The molecule has 1 amide bonds. The van der Waals surface area contributed by atoms with Crippen molar-refractivity contribution in [1.82, 2.24) is 0 Å². The highest BCUT2D eigenvalue weighted by molar-refractivity contribution is 6.04. The summed E-state index contributed by atoms with van der Waals surface area (Å²) >= 11 is 0. The minimum atomic E-state index is -1.03. The van der Waals surface area contributed by atoms with Crippen molar-refractivity contribution in [1.29, 1.82) is 0 Å². The second kappa shape index (κ2) is 7.77. The molecule has 0 aliphatic carbocycles. The predicted molar refractivity (Wildman–Crippen MR) is 87.6 cm³/mol. The number of rotatable bonds is 6. The van der Waals surface area contributed by atoms with Crippen molar-refractivity contribution in [2.75, 3.05) is 19.0 Å². The van der Waals surface area contributed by atoms with Gasteiger partial charge in [0.05, 0.1) is 13.7 Å². The molecule has 128 valence electrons. The number of hydrogen-bond acceptors (Lipinski definition) is 3. The van der Waals surface area contributed by atoms with E-state index in [0.29, 0.717) is 29.6 Å². The summed E-state index contributed by atoms with van der Waals surface area (Å²) < 4.78 is 37.0.